The first-order chi connectivity index (χ1) is 13.2. The number of fused-ring (bicyclic) bond motifs is 1. The summed E-state index contributed by atoms with van der Waals surface area (Å²) in [4.78, 5) is 0. The summed E-state index contributed by atoms with van der Waals surface area (Å²) in [6.07, 6.45) is 2.06. The van der Waals surface area contributed by atoms with Gasteiger partial charge in [-0.25, -0.2) is 0 Å². The van der Waals surface area contributed by atoms with Gasteiger partial charge in [-0.05, 0) is 46.3 Å². The fourth-order valence-electron chi connectivity index (χ4n) is 3.07. The number of nitrogens with zero attached hydrogens (tertiary/aromatic N) is 4. The van der Waals surface area contributed by atoms with Gasteiger partial charge in [0.25, 0.3) is 0 Å². The standard InChI is InChI=1S/C19H19N5O3/c1-25-13-6-4-12(5-7-13)17-11-16(20-19-21-22-23-24(17)19)15-9-8-14(26-2)10-18(15)27-3/h4-11,17H,1-3H3,(H,20,21,23)/t17-/m1/s1. The van der Waals surface area contributed by atoms with E-state index in [9.17, 15) is 0 Å². The Hall–Kier alpha value is -3.55. The number of ether oxygens (including phenoxy) is 3. The van der Waals surface area contributed by atoms with Gasteiger partial charge < -0.3 is 19.5 Å². The zero-order chi connectivity index (χ0) is 18.8. The molecule has 1 aliphatic heterocycles. The molecule has 0 fully saturated rings. The van der Waals surface area contributed by atoms with Crippen molar-refractivity contribution in [2.24, 2.45) is 0 Å². The Morgan fingerprint density at radius 2 is 1.67 bits per heavy atom. The topological polar surface area (TPSA) is 83.3 Å². The van der Waals surface area contributed by atoms with Crippen LogP contribution in [0, 0.1) is 0 Å². The van der Waals surface area contributed by atoms with E-state index in [2.05, 4.69) is 26.9 Å². The van der Waals surface area contributed by atoms with Crippen LogP contribution in [0.1, 0.15) is 17.2 Å². The number of allylic oxidation sites excluding steroid dienone is 1. The van der Waals surface area contributed by atoms with E-state index in [1.165, 1.54) is 0 Å². The Labute approximate surface area is 156 Å². The summed E-state index contributed by atoms with van der Waals surface area (Å²) >= 11 is 0. The zero-order valence-electron chi connectivity index (χ0n) is 15.2. The molecule has 1 aliphatic rings. The number of hydrogen-bond acceptors (Lipinski definition) is 7. The highest BCUT2D eigenvalue weighted by Gasteiger charge is 2.25. The number of aromatic nitrogens is 4. The maximum absolute atomic E-state index is 5.55. The highest BCUT2D eigenvalue weighted by atomic mass is 16.5. The molecule has 0 spiro atoms. The summed E-state index contributed by atoms with van der Waals surface area (Å²) in [6, 6.07) is 13.4. The molecule has 2 aromatic carbocycles. The summed E-state index contributed by atoms with van der Waals surface area (Å²) in [7, 11) is 4.90. The molecule has 4 rings (SSSR count). The fourth-order valence-corrected chi connectivity index (χ4v) is 3.07. The molecule has 0 unspecified atom stereocenters. The van der Waals surface area contributed by atoms with Gasteiger partial charge in [-0.1, -0.05) is 17.2 Å². The van der Waals surface area contributed by atoms with Crippen LogP contribution in [-0.2, 0) is 0 Å². The second-order valence-corrected chi connectivity index (χ2v) is 5.94. The van der Waals surface area contributed by atoms with Gasteiger partial charge in [0.1, 0.15) is 23.3 Å². The van der Waals surface area contributed by atoms with Crippen molar-refractivity contribution < 1.29 is 14.2 Å². The highest BCUT2D eigenvalue weighted by Crippen LogP contribution is 2.36. The summed E-state index contributed by atoms with van der Waals surface area (Å²) < 4.78 is 17.8. The second kappa shape index (κ2) is 6.99. The van der Waals surface area contributed by atoms with Crippen LogP contribution < -0.4 is 19.5 Å². The lowest BCUT2D eigenvalue weighted by Gasteiger charge is -2.24. The molecule has 1 aromatic heterocycles. The molecular formula is C19H19N5O3. The third kappa shape index (κ3) is 3.05. The molecule has 0 aliphatic carbocycles. The van der Waals surface area contributed by atoms with Crippen LogP contribution in [0.5, 0.6) is 17.2 Å². The Balaban J connectivity index is 1.79. The number of nitrogens with one attached hydrogen (secondary N) is 1. The Morgan fingerprint density at radius 3 is 2.37 bits per heavy atom. The van der Waals surface area contributed by atoms with E-state index in [0.717, 1.165) is 28.3 Å². The van der Waals surface area contributed by atoms with Gasteiger partial charge >= 0.3 is 0 Å². The van der Waals surface area contributed by atoms with Crippen LogP contribution in [0.3, 0.4) is 0 Å². The van der Waals surface area contributed by atoms with E-state index in [1.807, 2.05) is 42.5 Å². The maximum atomic E-state index is 5.55. The van der Waals surface area contributed by atoms with Crippen molar-refractivity contribution in [2.45, 2.75) is 6.04 Å². The average Bonchev–Trinajstić information content (AvgIpc) is 3.21. The molecule has 3 aromatic rings. The van der Waals surface area contributed by atoms with Crippen molar-refractivity contribution in [2.75, 3.05) is 26.6 Å². The first kappa shape index (κ1) is 16.9. The number of benzene rings is 2. The first-order valence-electron chi connectivity index (χ1n) is 8.36. The van der Waals surface area contributed by atoms with Gasteiger partial charge in [0, 0.05) is 11.6 Å². The lowest BCUT2D eigenvalue weighted by Crippen LogP contribution is -2.20. The summed E-state index contributed by atoms with van der Waals surface area (Å²) in [5.74, 6) is 2.78. The largest absolute Gasteiger partial charge is 0.497 e. The highest BCUT2D eigenvalue weighted by molar-refractivity contribution is 5.80. The Kier molecular flexibility index (Phi) is 4.37. The van der Waals surface area contributed by atoms with Crippen LogP contribution in [0.4, 0.5) is 5.95 Å². The monoisotopic (exact) mass is 365 g/mol. The fraction of sp³-hybridized carbons (Fsp3) is 0.211. The smallest absolute Gasteiger partial charge is 0.248 e. The molecular weight excluding hydrogens is 346 g/mol. The molecule has 0 bridgehead atoms. The minimum atomic E-state index is -0.163. The van der Waals surface area contributed by atoms with Crippen LogP contribution in [0.2, 0.25) is 0 Å². The van der Waals surface area contributed by atoms with E-state index in [4.69, 9.17) is 14.2 Å². The minimum Gasteiger partial charge on any atom is -0.497 e. The minimum absolute atomic E-state index is 0.163. The van der Waals surface area contributed by atoms with Gasteiger partial charge in [-0.15, -0.1) is 0 Å². The molecule has 2 heterocycles. The number of rotatable bonds is 5. The lowest BCUT2D eigenvalue weighted by atomic mass is 10.0. The number of anilines is 1. The zero-order valence-corrected chi connectivity index (χ0v) is 15.2. The molecule has 0 saturated heterocycles. The van der Waals surface area contributed by atoms with Crippen molar-refractivity contribution in [3.8, 4) is 17.2 Å². The van der Waals surface area contributed by atoms with E-state index >= 15 is 0 Å². The maximum Gasteiger partial charge on any atom is 0.248 e. The van der Waals surface area contributed by atoms with E-state index < -0.39 is 0 Å². The van der Waals surface area contributed by atoms with Crippen LogP contribution in [-0.4, -0.2) is 41.5 Å². The van der Waals surface area contributed by atoms with Gasteiger partial charge in [0.15, 0.2) is 0 Å². The average molecular weight is 365 g/mol. The van der Waals surface area contributed by atoms with Crippen molar-refractivity contribution in [3.63, 3.8) is 0 Å². The van der Waals surface area contributed by atoms with E-state index in [0.29, 0.717) is 11.7 Å². The van der Waals surface area contributed by atoms with Crippen LogP contribution in [0.15, 0.2) is 48.5 Å². The predicted octanol–water partition coefficient (Wildman–Crippen LogP) is 2.75. The predicted molar refractivity (Wildman–Crippen MR) is 100 cm³/mol. The Bertz CT molecular complexity index is 981. The molecule has 8 heteroatoms. The van der Waals surface area contributed by atoms with Crippen LogP contribution in [0.25, 0.3) is 5.70 Å². The number of tetrazole rings is 1. The molecule has 0 radical (unpaired) electrons. The normalized spacial score (nSPS) is 15.4. The van der Waals surface area contributed by atoms with Crippen molar-refractivity contribution in [1.29, 1.82) is 0 Å². The molecule has 0 saturated carbocycles. The Morgan fingerprint density at radius 1 is 0.926 bits per heavy atom. The summed E-state index contributed by atoms with van der Waals surface area (Å²) in [6.45, 7) is 0. The summed E-state index contributed by atoms with van der Waals surface area (Å²) in [5.41, 5.74) is 2.79. The van der Waals surface area contributed by atoms with Gasteiger partial charge in [-0.2, -0.15) is 4.68 Å². The number of methoxy groups -OCH3 is 3. The quantitative estimate of drug-likeness (QED) is 0.744. The molecule has 1 atom stereocenters. The van der Waals surface area contributed by atoms with E-state index in [-0.39, 0.29) is 6.04 Å². The third-order valence-electron chi connectivity index (χ3n) is 4.48. The first-order valence-corrected chi connectivity index (χ1v) is 8.36. The van der Waals surface area contributed by atoms with E-state index in [1.54, 1.807) is 26.0 Å². The van der Waals surface area contributed by atoms with Gasteiger partial charge in [0.2, 0.25) is 5.95 Å². The molecule has 27 heavy (non-hydrogen) atoms. The van der Waals surface area contributed by atoms with Gasteiger partial charge in [-0.3, -0.25) is 0 Å². The van der Waals surface area contributed by atoms with Crippen LogP contribution >= 0.6 is 0 Å². The molecule has 0 amide bonds. The third-order valence-corrected chi connectivity index (χ3v) is 4.48. The van der Waals surface area contributed by atoms with Crippen molar-refractivity contribution in [3.05, 3.63) is 59.7 Å². The second-order valence-electron chi connectivity index (χ2n) is 5.94. The summed E-state index contributed by atoms with van der Waals surface area (Å²) in [5, 5.41) is 15.3. The van der Waals surface area contributed by atoms with Crippen molar-refractivity contribution >= 4 is 11.6 Å². The lowest BCUT2D eigenvalue weighted by molar-refractivity contribution is 0.393. The molecule has 8 nitrogen and oxygen atoms in total. The molecule has 138 valence electrons. The SMILES string of the molecule is COc1ccc([C@H]2C=C(c3ccc(OC)cc3OC)Nc3nnnn32)cc1. The number of hydrogen-bond donors (Lipinski definition) is 1. The molecule has 1 N–H and O–H groups in total. The van der Waals surface area contributed by atoms with Crippen molar-refractivity contribution in [1.82, 2.24) is 20.2 Å². The van der Waals surface area contributed by atoms with Gasteiger partial charge in [0.05, 0.1) is 27.0 Å².